The summed E-state index contributed by atoms with van der Waals surface area (Å²) < 4.78 is 0. The lowest BCUT2D eigenvalue weighted by Gasteiger charge is -2.40. The van der Waals surface area contributed by atoms with Gasteiger partial charge in [-0.15, -0.1) is 0 Å². The van der Waals surface area contributed by atoms with Crippen LogP contribution < -0.4 is 5.73 Å². The van der Waals surface area contributed by atoms with E-state index in [2.05, 4.69) is 23.2 Å². The molecule has 1 unspecified atom stereocenters. The van der Waals surface area contributed by atoms with Gasteiger partial charge in [0.05, 0.1) is 11.5 Å². The number of nitrogens with two attached hydrogens (primary N) is 1. The van der Waals surface area contributed by atoms with Crippen molar-refractivity contribution in [2.45, 2.75) is 31.7 Å². The molecule has 3 rings (SSSR count). The van der Waals surface area contributed by atoms with Crippen LogP contribution in [0.15, 0.2) is 46.4 Å². The van der Waals surface area contributed by atoms with Crippen LogP contribution in [0.1, 0.15) is 37.3 Å². The third kappa shape index (κ3) is 2.64. The molecule has 0 saturated heterocycles. The predicted octanol–water partition coefficient (Wildman–Crippen LogP) is 2.44. The van der Waals surface area contributed by atoms with Crippen LogP contribution in [-0.4, -0.2) is 36.6 Å². The zero-order valence-electron chi connectivity index (χ0n) is 14.4. The quantitative estimate of drug-likeness (QED) is 0.927. The molecule has 0 spiro atoms. The molecule has 0 fully saturated rings. The molecule has 3 atom stereocenters. The van der Waals surface area contributed by atoms with E-state index in [4.69, 9.17) is 10.7 Å². The van der Waals surface area contributed by atoms with Crippen molar-refractivity contribution in [1.29, 1.82) is 0 Å². The Hall–Kier alpha value is -2.43. The van der Waals surface area contributed by atoms with Gasteiger partial charge in [-0.3, -0.25) is 14.7 Å². The Labute approximate surface area is 143 Å². The van der Waals surface area contributed by atoms with Crippen LogP contribution in [0, 0.1) is 5.92 Å². The molecule has 0 bridgehead atoms. The number of aliphatic imine (C=N–C) groups is 2. The molecular formula is C19H24N4O. The Morgan fingerprint density at radius 3 is 2.88 bits per heavy atom. The Morgan fingerprint density at radius 1 is 1.42 bits per heavy atom. The third-order valence-corrected chi connectivity index (χ3v) is 5.14. The lowest BCUT2D eigenvalue weighted by Crippen LogP contribution is -2.53. The molecule has 24 heavy (non-hydrogen) atoms. The van der Waals surface area contributed by atoms with E-state index < -0.39 is 5.54 Å². The Morgan fingerprint density at radius 2 is 2.21 bits per heavy atom. The molecule has 1 aromatic carbocycles. The summed E-state index contributed by atoms with van der Waals surface area (Å²) in [6.07, 6.45) is 6.68. The highest BCUT2D eigenvalue weighted by molar-refractivity contribution is 6.00. The molecule has 1 aromatic rings. The Kier molecular flexibility index (Phi) is 4.26. The number of amides is 1. The topological polar surface area (TPSA) is 71.0 Å². The Balaban J connectivity index is 2.04. The number of nitrogens with zero attached hydrogens (tertiary/aromatic N) is 3. The van der Waals surface area contributed by atoms with Gasteiger partial charge in [-0.05, 0) is 30.5 Å². The van der Waals surface area contributed by atoms with Crippen LogP contribution in [0.5, 0.6) is 0 Å². The van der Waals surface area contributed by atoms with E-state index in [1.165, 1.54) is 10.5 Å². The van der Waals surface area contributed by atoms with Crippen molar-refractivity contribution < 1.29 is 4.79 Å². The molecule has 0 saturated carbocycles. The summed E-state index contributed by atoms with van der Waals surface area (Å²) >= 11 is 0. The van der Waals surface area contributed by atoms with E-state index in [1.54, 1.807) is 7.05 Å². The highest BCUT2D eigenvalue weighted by Gasteiger charge is 2.45. The van der Waals surface area contributed by atoms with Gasteiger partial charge in [0, 0.05) is 25.7 Å². The van der Waals surface area contributed by atoms with Gasteiger partial charge in [0.1, 0.15) is 0 Å². The largest absolute Gasteiger partial charge is 0.369 e. The predicted molar refractivity (Wildman–Crippen MR) is 97.2 cm³/mol. The standard InChI is InChI=1S/C19H24N4O/c1-4-16-17(24)23(3)18(20)22-19(16,2)15-9-5-7-13(11-15)14-8-6-10-21-12-14/h5-11,14,16H,4,12H2,1-3H3,(H2,20,22)/t14?,16-,19-/m1/s1. The summed E-state index contributed by atoms with van der Waals surface area (Å²) in [4.78, 5) is 23.2. The smallest absolute Gasteiger partial charge is 0.234 e. The zero-order valence-corrected chi connectivity index (χ0v) is 14.4. The number of benzene rings is 1. The van der Waals surface area contributed by atoms with Crippen LogP contribution in [0.4, 0.5) is 0 Å². The zero-order chi connectivity index (χ0) is 17.3. The van der Waals surface area contributed by atoms with Crippen molar-refractivity contribution in [2.24, 2.45) is 21.6 Å². The maximum absolute atomic E-state index is 12.7. The minimum atomic E-state index is -0.639. The molecule has 0 aromatic heterocycles. The fraction of sp³-hybridized carbons (Fsp3) is 0.421. The summed E-state index contributed by atoms with van der Waals surface area (Å²) in [5, 5.41) is 0. The second kappa shape index (κ2) is 6.23. The van der Waals surface area contributed by atoms with Crippen molar-refractivity contribution in [1.82, 2.24) is 4.90 Å². The van der Waals surface area contributed by atoms with Crippen molar-refractivity contribution in [3.63, 3.8) is 0 Å². The molecule has 2 heterocycles. The average molecular weight is 324 g/mol. The maximum Gasteiger partial charge on any atom is 0.234 e. The highest BCUT2D eigenvalue weighted by Crippen LogP contribution is 2.40. The number of allylic oxidation sites excluding steroid dienone is 1. The molecular weight excluding hydrogens is 300 g/mol. The first-order chi connectivity index (χ1) is 11.5. The van der Waals surface area contributed by atoms with E-state index in [1.807, 2.05) is 38.3 Å². The monoisotopic (exact) mass is 324 g/mol. The summed E-state index contributed by atoms with van der Waals surface area (Å²) in [5.41, 5.74) is 7.58. The van der Waals surface area contributed by atoms with Crippen molar-refractivity contribution >= 4 is 18.1 Å². The maximum atomic E-state index is 12.7. The summed E-state index contributed by atoms with van der Waals surface area (Å²) in [5.74, 6) is 0.353. The third-order valence-electron chi connectivity index (χ3n) is 5.14. The lowest BCUT2D eigenvalue weighted by atomic mass is 9.76. The molecule has 126 valence electrons. The van der Waals surface area contributed by atoms with E-state index >= 15 is 0 Å². The van der Waals surface area contributed by atoms with Crippen molar-refractivity contribution in [3.05, 3.63) is 47.5 Å². The van der Waals surface area contributed by atoms with Gasteiger partial charge >= 0.3 is 0 Å². The van der Waals surface area contributed by atoms with E-state index in [0.29, 0.717) is 6.42 Å². The molecule has 2 aliphatic rings. The molecule has 5 heteroatoms. The average Bonchev–Trinajstić information content (AvgIpc) is 2.61. The number of rotatable bonds is 3. The van der Waals surface area contributed by atoms with E-state index in [-0.39, 0.29) is 23.7 Å². The van der Waals surface area contributed by atoms with Crippen LogP contribution in [-0.2, 0) is 10.3 Å². The van der Waals surface area contributed by atoms with Gasteiger partial charge in [-0.1, -0.05) is 37.3 Å². The van der Waals surface area contributed by atoms with Crippen LogP contribution >= 0.6 is 0 Å². The van der Waals surface area contributed by atoms with Gasteiger partial charge < -0.3 is 5.73 Å². The SMILES string of the molecule is CC[C@@H]1C(=O)N(C)C(N)=N[C@]1(C)c1cccc(C2C=CC=NC2)c1. The number of carbonyl (C=O) groups is 1. The minimum Gasteiger partial charge on any atom is -0.369 e. The fourth-order valence-corrected chi connectivity index (χ4v) is 3.60. The first-order valence-corrected chi connectivity index (χ1v) is 8.37. The van der Waals surface area contributed by atoms with E-state index in [9.17, 15) is 4.79 Å². The highest BCUT2D eigenvalue weighted by atomic mass is 16.2. The van der Waals surface area contributed by atoms with Gasteiger partial charge in [-0.2, -0.15) is 0 Å². The molecule has 5 nitrogen and oxygen atoms in total. The Bertz CT molecular complexity index is 737. The van der Waals surface area contributed by atoms with Crippen LogP contribution in [0.3, 0.4) is 0 Å². The van der Waals surface area contributed by atoms with Crippen LogP contribution in [0.2, 0.25) is 0 Å². The van der Waals surface area contributed by atoms with E-state index in [0.717, 1.165) is 12.1 Å². The second-order valence-electron chi connectivity index (χ2n) is 6.61. The summed E-state index contributed by atoms with van der Waals surface area (Å²) in [6, 6.07) is 8.32. The molecule has 1 amide bonds. The van der Waals surface area contributed by atoms with Crippen LogP contribution in [0.25, 0.3) is 0 Å². The summed E-state index contributed by atoms with van der Waals surface area (Å²) in [7, 11) is 1.69. The first kappa shape index (κ1) is 16.4. The minimum absolute atomic E-state index is 0.0278. The normalized spacial score (nSPS) is 29.7. The van der Waals surface area contributed by atoms with Gasteiger partial charge in [-0.25, -0.2) is 4.99 Å². The number of hydrogen-bond acceptors (Lipinski definition) is 4. The fourth-order valence-electron chi connectivity index (χ4n) is 3.60. The second-order valence-corrected chi connectivity index (χ2v) is 6.61. The number of carbonyl (C=O) groups excluding carboxylic acids is 1. The van der Waals surface area contributed by atoms with Crippen molar-refractivity contribution in [3.8, 4) is 0 Å². The van der Waals surface area contributed by atoms with Crippen molar-refractivity contribution in [2.75, 3.05) is 13.6 Å². The number of guanidine groups is 1. The van der Waals surface area contributed by atoms with Gasteiger partial charge in [0.15, 0.2) is 5.96 Å². The van der Waals surface area contributed by atoms with Gasteiger partial charge in [0.2, 0.25) is 5.91 Å². The molecule has 2 N–H and O–H groups in total. The number of hydrogen-bond donors (Lipinski definition) is 1. The van der Waals surface area contributed by atoms with Gasteiger partial charge in [0.25, 0.3) is 0 Å². The summed E-state index contributed by atoms with van der Waals surface area (Å²) in [6.45, 7) is 4.78. The molecule has 2 aliphatic heterocycles. The molecule has 0 aliphatic carbocycles. The lowest BCUT2D eigenvalue weighted by molar-refractivity contribution is -0.134. The number of dihydropyridines is 1. The molecule has 0 radical (unpaired) electrons. The first-order valence-electron chi connectivity index (χ1n) is 8.37.